The Hall–Kier alpha value is -2.64. The van der Waals surface area contributed by atoms with Crippen LogP contribution in [0.25, 0.3) is 10.9 Å². The van der Waals surface area contributed by atoms with E-state index in [9.17, 15) is 5.26 Å². The smallest absolute Gasteiger partial charge is 0.123 e. The van der Waals surface area contributed by atoms with Gasteiger partial charge in [-0.15, -0.1) is 0 Å². The van der Waals surface area contributed by atoms with E-state index in [1.165, 1.54) is 0 Å². The third-order valence-electron chi connectivity index (χ3n) is 3.27. The number of pyridine rings is 1. The van der Waals surface area contributed by atoms with Crippen LogP contribution >= 0.6 is 0 Å². The van der Waals surface area contributed by atoms with Crippen LogP contribution in [0.2, 0.25) is 0 Å². The minimum atomic E-state index is -0.354. The zero-order chi connectivity index (χ0) is 13.8. The monoisotopic (exact) mass is 262 g/mol. The second-order valence-electron chi connectivity index (χ2n) is 4.55. The van der Waals surface area contributed by atoms with Crippen molar-refractivity contribution < 1.29 is 0 Å². The maximum Gasteiger partial charge on any atom is 0.123 e. The van der Waals surface area contributed by atoms with Gasteiger partial charge in [-0.1, -0.05) is 24.3 Å². The number of benzene rings is 1. The van der Waals surface area contributed by atoms with Gasteiger partial charge >= 0.3 is 0 Å². The van der Waals surface area contributed by atoms with Gasteiger partial charge in [-0.3, -0.25) is 10.3 Å². The van der Waals surface area contributed by atoms with Crippen LogP contribution in [0.15, 0.2) is 54.9 Å². The number of nitrogens with one attached hydrogen (secondary N) is 2. The maximum absolute atomic E-state index is 9.39. The summed E-state index contributed by atoms with van der Waals surface area (Å²) in [5, 5.41) is 13.7. The number of hydrogen-bond donors (Lipinski definition) is 2. The lowest BCUT2D eigenvalue weighted by Crippen LogP contribution is -2.19. The second-order valence-corrected chi connectivity index (χ2v) is 4.55. The van der Waals surface area contributed by atoms with Crippen molar-refractivity contribution in [3.8, 4) is 6.07 Å². The molecule has 3 rings (SSSR count). The molecule has 4 nitrogen and oxygen atoms in total. The number of H-pyrrole nitrogens is 1. The highest BCUT2D eigenvalue weighted by atomic mass is 14.9. The Morgan fingerprint density at radius 3 is 2.85 bits per heavy atom. The molecule has 0 fully saturated rings. The van der Waals surface area contributed by atoms with Crippen LogP contribution < -0.4 is 5.32 Å². The molecule has 0 saturated carbocycles. The molecule has 0 aliphatic carbocycles. The van der Waals surface area contributed by atoms with E-state index in [1.54, 1.807) is 6.20 Å². The molecule has 3 aromatic rings. The lowest BCUT2D eigenvalue weighted by molar-refractivity contribution is 0.624. The summed E-state index contributed by atoms with van der Waals surface area (Å²) < 4.78 is 0. The zero-order valence-corrected chi connectivity index (χ0v) is 10.9. The van der Waals surface area contributed by atoms with E-state index in [4.69, 9.17) is 0 Å². The third kappa shape index (κ3) is 2.40. The highest BCUT2D eigenvalue weighted by Gasteiger charge is 2.14. The fraction of sp³-hybridized carbons (Fsp3) is 0.125. The van der Waals surface area contributed by atoms with Gasteiger partial charge in [0.15, 0.2) is 0 Å². The molecule has 4 heteroatoms. The molecule has 0 radical (unpaired) electrons. The number of nitrogens with zero attached hydrogens (tertiary/aromatic N) is 2. The van der Waals surface area contributed by atoms with Crippen molar-refractivity contribution in [1.82, 2.24) is 15.3 Å². The van der Waals surface area contributed by atoms with Gasteiger partial charge in [0.05, 0.1) is 11.8 Å². The summed E-state index contributed by atoms with van der Waals surface area (Å²) in [5.41, 5.74) is 2.94. The summed E-state index contributed by atoms with van der Waals surface area (Å²) in [6.45, 7) is 0.568. The Bertz CT molecular complexity index is 740. The van der Waals surface area contributed by atoms with E-state index in [2.05, 4.69) is 21.4 Å². The van der Waals surface area contributed by atoms with Crippen LogP contribution in [-0.2, 0) is 6.54 Å². The fourth-order valence-electron chi connectivity index (χ4n) is 2.27. The number of nitriles is 1. The lowest BCUT2D eigenvalue weighted by Gasteiger charge is -2.10. The maximum atomic E-state index is 9.39. The fourth-order valence-corrected chi connectivity index (χ4v) is 2.27. The average Bonchev–Trinajstić information content (AvgIpc) is 2.93. The predicted molar refractivity (Wildman–Crippen MR) is 77.7 cm³/mol. The topological polar surface area (TPSA) is 64.5 Å². The SMILES string of the molecule is N#CC(NCc1ccccn1)c1c[nH]c2ccccc12. The summed E-state index contributed by atoms with van der Waals surface area (Å²) in [6, 6.07) is 15.7. The molecule has 1 aromatic carbocycles. The van der Waals surface area contributed by atoms with Crippen LogP contribution in [0, 0.1) is 11.3 Å². The lowest BCUT2D eigenvalue weighted by atomic mass is 10.1. The van der Waals surface area contributed by atoms with Crippen molar-refractivity contribution in [2.45, 2.75) is 12.6 Å². The van der Waals surface area contributed by atoms with Crippen molar-refractivity contribution in [2.75, 3.05) is 0 Å². The van der Waals surface area contributed by atoms with Crippen molar-refractivity contribution >= 4 is 10.9 Å². The first-order valence-electron chi connectivity index (χ1n) is 6.47. The highest BCUT2D eigenvalue weighted by Crippen LogP contribution is 2.23. The molecule has 0 bridgehead atoms. The van der Waals surface area contributed by atoms with Gasteiger partial charge in [-0.25, -0.2) is 0 Å². The summed E-state index contributed by atoms with van der Waals surface area (Å²) in [7, 11) is 0. The first-order valence-corrected chi connectivity index (χ1v) is 6.47. The standard InChI is InChI=1S/C16H14N4/c17-9-16(19-10-12-5-3-4-8-18-12)14-11-20-15-7-2-1-6-13(14)15/h1-8,11,16,19-20H,10H2. The number of aromatic nitrogens is 2. The van der Waals surface area contributed by atoms with E-state index in [1.807, 2.05) is 48.7 Å². The molecule has 1 unspecified atom stereocenters. The van der Waals surface area contributed by atoms with Gasteiger partial charge in [-0.2, -0.15) is 5.26 Å². The zero-order valence-electron chi connectivity index (χ0n) is 10.9. The average molecular weight is 262 g/mol. The van der Waals surface area contributed by atoms with E-state index >= 15 is 0 Å². The third-order valence-corrected chi connectivity index (χ3v) is 3.27. The molecular weight excluding hydrogens is 248 g/mol. The Balaban J connectivity index is 1.82. The molecule has 2 heterocycles. The van der Waals surface area contributed by atoms with Crippen LogP contribution in [0.1, 0.15) is 17.3 Å². The number of hydrogen-bond acceptors (Lipinski definition) is 3. The highest BCUT2D eigenvalue weighted by molar-refractivity contribution is 5.83. The molecule has 2 N–H and O–H groups in total. The first kappa shape index (κ1) is 12.4. The van der Waals surface area contributed by atoms with Gasteiger partial charge in [0.2, 0.25) is 0 Å². The van der Waals surface area contributed by atoms with E-state index < -0.39 is 0 Å². The molecule has 0 aliphatic rings. The van der Waals surface area contributed by atoms with Crippen LogP contribution in [-0.4, -0.2) is 9.97 Å². The minimum absolute atomic E-state index is 0.354. The Morgan fingerprint density at radius 2 is 2.05 bits per heavy atom. The Kier molecular flexibility index (Phi) is 3.44. The van der Waals surface area contributed by atoms with Crippen molar-refractivity contribution in [3.05, 3.63) is 66.1 Å². The first-order chi connectivity index (χ1) is 9.88. The van der Waals surface area contributed by atoms with E-state index in [-0.39, 0.29) is 6.04 Å². The number of rotatable bonds is 4. The molecule has 0 spiro atoms. The number of aromatic amines is 1. The largest absolute Gasteiger partial charge is 0.361 e. The van der Waals surface area contributed by atoms with Crippen LogP contribution in [0.4, 0.5) is 0 Å². The molecular formula is C16H14N4. The summed E-state index contributed by atoms with van der Waals surface area (Å²) in [5.74, 6) is 0. The van der Waals surface area contributed by atoms with E-state index in [0.717, 1.165) is 22.2 Å². The van der Waals surface area contributed by atoms with Crippen molar-refractivity contribution in [3.63, 3.8) is 0 Å². The van der Waals surface area contributed by atoms with Crippen molar-refractivity contribution in [1.29, 1.82) is 5.26 Å². The molecule has 0 aliphatic heterocycles. The summed E-state index contributed by atoms with van der Waals surface area (Å²) in [4.78, 5) is 7.44. The molecule has 0 saturated heterocycles. The van der Waals surface area contributed by atoms with Gasteiger partial charge in [-0.05, 0) is 18.2 Å². The van der Waals surface area contributed by atoms with Crippen LogP contribution in [0.5, 0.6) is 0 Å². The quantitative estimate of drug-likeness (QED) is 0.759. The molecule has 0 amide bonds. The normalized spacial score (nSPS) is 12.2. The van der Waals surface area contributed by atoms with Gasteiger partial charge in [0.25, 0.3) is 0 Å². The predicted octanol–water partition coefficient (Wildman–Crippen LogP) is 2.92. The van der Waals surface area contributed by atoms with Gasteiger partial charge in [0.1, 0.15) is 6.04 Å². The summed E-state index contributed by atoms with van der Waals surface area (Å²) in [6.07, 6.45) is 3.65. The Labute approximate surface area is 117 Å². The molecule has 1 atom stereocenters. The Morgan fingerprint density at radius 1 is 1.20 bits per heavy atom. The minimum Gasteiger partial charge on any atom is -0.361 e. The van der Waals surface area contributed by atoms with Crippen LogP contribution in [0.3, 0.4) is 0 Å². The molecule has 98 valence electrons. The molecule has 20 heavy (non-hydrogen) atoms. The van der Waals surface area contributed by atoms with E-state index in [0.29, 0.717) is 6.54 Å². The summed E-state index contributed by atoms with van der Waals surface area (Å²) >= 11 is 0. The number of para-hydroxylation sites is 1. The number of fused-ring (bicyclic) bond motifs is 1. The second kappa shape index (κ2) is 5.55. The van der Waals surface area contributed by atoms with Gasteiger partial charge < -0.3 is 4.98 Å². The molecule has 2 aromatic heterocycles. The van der Waals surface area contributed by atoms with Crippen molar-refractivity contribution in [2.24, 2.45) is 0 Å². The van der Waals surface area contributed by atoms with Gasteiger partial charge in [0, 0.05) is 35.4 Å².